The first-order valence-corrected chi connectivity index (χ1v) is 7.15. The fourth-order valence-electron chi connectivity index (χ4n) is 1.89. The van der Waals surface area contributed by atoms with Gasteiger partial charge in [-0.25, -0.2) is 0 Å². The summed E-state index contributed by atoms with van der Waals surface area (Å²) >= 11 is 2.14. The van der Waals surface area contributed by atoms with Gasteiger partial charge in [-0.3, -0.25) is 15.0 Å². The average molecular weight is 381 g/mol. The van der Waals surface area contributed by atoms with Crippen LogP contribution in [-0.2, 0) is 6.54 Å². The Morgan fingerprint density at radius 2 is 1.90 bits per heavy atom. The van der Waals surface area contributed by atoms with Gasteiger partial charge in [0.2, 0.25) is 0 Å². The summed E-state index contributed by atoms with van der Waals surface area (Å²) in [5, 5.41) is 8.63. The van der Waals surface area contributed by atoms with Crippen molar-refractivity contribution in [2.75, 3.05) is 5.32 Å². The fraction of sp³-hybridized carbons (Fsp3) is 0.0714. The highest BCUT2D eigenvalue weighted by Crippen LogP contribution is 2.19. The summed E-state index contributed by atoms with van der Waals surface area (Å²) in [7, 11) is 0. The third-order valence-corrected chi connectivity index (χ3v) is 3.47. The second-order valence-corrected chi connectivity index (χ2v) is 5.37. The van der Waals surface area contributed by atoms with Crippen LogP contribution < -0.4 is 10.9 Å². The zero-order valence-electron chi connectivity index (χ0n) is 10.4. The molecule has 0 spiro atoms. The van der Waals surface area contributed by atoms with Crippen LogP contribution in [0.5, 0.6) is 0 Å². The third-order valence-electron chi connectivity index (χ3n) is 2.89. The van der Waals surface area contributed by atoms with Crippen molar-refractivity contribution >= 4 is 28.3 Å². The van der Waals surface area contributed by atoms with Gasteiger partial charge in [-0.15, -0.1) is 0 Å². The molecular formula is C14H12IN3O2. The van der Waals surface area contributed by atoms with Gasteiger partial charge in [0.1, 0.15) is 5.76 Å². The van der Waals surface area contributed by atoms with Gasteiger partial charge >= 0.3 is 0 Å². The monoisotopic (exact) mass is 381 g/mol. The second kappa shape index (κ2) is 5.58. The molecule has 0 aliphatic carbocycles. The summed E-state index contributed by atoms with van der Waals surface area (Å²) < 4.78 is 6.36. The Morgan fingerprint density at radius 3 is 2.50 bits per heavy atom. The molecule has 0 fully saturated rings. The lowest BCUT2D eigenvalue weighted by Crippen LogP contribution is -1.97. The van der Waals surface area contributed by atoms with E-state index in [9.17, 15) is 4.79 Å². The van der Waals surface area contributed by atoms with Crippen LogP contribution in [0.15, 0.2) is 51.7 Å². The SMILES string of the molecule is O=c1cc(-c2ccc(NCc3ccc(I)o3)cc2)[nH][nH]1. The van der Waals surface area contributed by atoms with Crippen LogP contribution in [0.2, 0.25) is 0 Å². The molecule has 6 heteroatoms. The molecule has 1 aromatic carbocycles. The fourth-order valence-corrected chi connectivity index (χ4v) is 2.35. The number of aromatic amines is 2. The molecule has 3 N–H and O–H groups in total. The number of anilines is 1. The summed E-state index contributed by atoms with van der Waals surface area (Å²) in [5.41, 5.74) is 2.61. The van der Waals surface area contributed by atoms with E-state index in [-0.39, 0.29) is 5.56 Å². The lowest BCUT2D eigenvalue weighted by atomic mass is 10.1. The maximum absolute atomic E-state index is 11.1. The average Bonchev–Trinajstić information content (AvgIpc) is 3.06. The van der Waals surface area contributed by atoms with Gasteiger partial charge in [0.25, 0.3) is 5.56 Å². The van der Waals surface area contributed by atoms with Gasteiger partial charge in [-0.2, -0.15) is 0 Å². The number of H-pyrrole nitrogens is 2. The van der Waals surface area contributed by atoms with Crippen molar-refractivity contribution < 1.29 is 4.42 Å². The Hall–Kier alpha value is -1.96. The third kappa shape index (κ3) is 2.96. The van der Waals surface area contributed by atoms with Gasteiger partial charge in [0.05, 0.1) is 12.2 Å². The Balaban J connectivity index is 1.68. The van der Waals surface area contributed by atoms with E-state index in [4.69, 9.17) is 4.42 Å². The molecule has 0 saturated heterocycles. The molecule has 0 amide bonds. The van der Waals surface area contributed by atoms with Gasteiger partial charge in [-0.1, -0.05) is 12.1 Å². The molecule has 5 nitrogen and oxygen atoms in total. The molecule has 2 heterocycles. The van der Waals surface area contributed by atoms with E-state index in [1.54, 1.807) is 0 Å². The topological polar surface area (TPSA) is 73.8 Å². The van der Waals surface area contributed by atoms with E-state index in [2.05, 4.69) is 38.1 Å². The molecule has 3 aromatic rings. The smallest absolute Gasteiger partial charge is 0.264 e. The molecule has 0 aliphatic heterocycles. The Labute approximate surface area is 128 Å². The van der Waals surface area contributed by atoms with Crippen molar-refractivity contribution in [3.63, 3.8) is 0 Å². The number of rotatable bonds is 4. The molecule has 0 saturated carbocycles. The molecule has 20 heavy (non-hydrogen) atoms. The minimum absolute atomic E-state index is 0.130. The molecule has 0 aliphatic rings. The molecular weight excluding hydrogens is 369 g/mol. The molecule has 102 valence electrons. The number of hydrogen-bond acceptors (Lipinski definition) is 3. The predicted octanol–water partition coefficient (Wildman–Crippen LogP) is 3.18. The van der Waals surface area contributed by atoms with Gasteiger partial charge < -0.3 is 9.73 Å². The van der Waals surface area contributed by atoms with E-state index in [1.807, 2.05) is 36.4 Å². The van der Waals surface area contributed by atoms with Crippen LogP contribution in [0.25, 0.3) is 11.3 Å². The van der Waals surface area contributed by atoms with E-state index >= 15 is 0 Å². The molecule has 0 unspecified atom stereocenters. The standard InChI is InChI=1S/C14H12IN3O2/c15-13-6-5-11(20-13)8-16-10-3-1-9(2-4-10)12-7-14(19)18-17-12/h1-7,16H,8H2,(H2,17,18,19). The predicted molar refractivity (Wildman–Crippen MR) is 85.6 cm³/mol. The van der Waals surface area contributed by atoms with Crippen LogP contribution in [0.3, 0.4) is 0 Å². The maximum Gasteiger partial charge on any atom is 0.264 e. The van der Waals surface area contributed by atoms with Crippen molar-refractivity contribution in [1.82, 2.24) is 10.2 Å². The molecule has 3 rings (SSSR count). The highest BCUT2D eigenvalue weighted by atomic mass is 127. The first-order valence-electron chi connectivity index (χ1n) is 6.07. The normalized spacial score (nSPS) is 10.7. The zero-order valence-corrected chi connectivity index (χ0v) is 12.6. The van der Waals surface area contributed by atoms with Crippen molar-refractivity contribution in [3.8, 4) is 11.3 Å². The largest absolute Gasteiger partial charge is 0.454 e. The highest BCUT2D eigenvalue weighted by Gasteiger charge is 2.02. The lowest BCUT2D eigenvalue weighted by molar-refractivity contribution is 0.493. The van der Waals surface area contributed by atoms with Crippen LogP contribution in [-0.4, -0.2) is 10.2 Å². The summed E-state index contributed by atoms with van der Waals surface area (Å²) in [6.07, 6.45) is 0. The zero-order chi connectivity index (χ0) is 13.9. The van der Waals surface area contributed by atoms with Gasteiger partial charge in [0.15, 0.2) is 3.77 Å². The second-order valence-electron chi connectivity index (χ2n) is 4.31. The van der Waals surface area contributed by atoms with Crippen LogP contribution >= 0.6 is 22.6 Å². The molecule has 2 aromatic heterocycles. The van der Waals surface area contributed by atoms with Crippen molar-refractivity contribution in [3.05, 3.63) is 62.3 Å². The number of halogens is 1. The van der Waals surface area contributed by atoms with Crippen LogP contribution in [0.1, 0.15) is 5.76 Å². The summed E-state index contributed by atoms with van der Waals surface area (Å²) in [6.45, 7) is 0.642. The Morgan fingerprint density at radius 1 is 1.10 bits per heavy atom. The van der Waals surface area contributed by atoms with Gasteiger partial charge in [-0.05, 0) is 52.4 Å². The van der Waals surface area contributed by atoms with E-state index in [0.29, 0.717) is 6.54 Å². The highest BCUT2D eigenvalue weighted by molar-refractivity contribution is 14.1. The molecule has 0 bridgehead atoms. The van der Waals surface area contributed by atoms with Crippen LogP contribution in [0.4, 0.5) is 5.69 Å². The Kier molecular flexibility index (Phi) is 3.64. The van der Waals surface area contributed by atoms with Crippen molar-refractivity contribution in [1.29, 1.82) is 0 Å². The first-order chi connectivity index (χ1) is 9.70. The number of nitrogens with one attached hydrogen (secondary N) is 3. The van der Waals surface area contributed by atoms with E-state index < -0.39 is 0 Å². The number of benzene rings is 1. The minimum atomic E-state index is -0.130. The molecule has 0 radical (unpaired) electrons. The number of hydrogen-bond donors (Lipinski definition) is 3. The number of aromatic nitrogens is 2. The quantitative estimate of drug-likeness (QED) is 0.608. The number of furan rings is 1. The summed E-state index contributed by atoms with van der Waals surface area (Å²) in [4.78, 5) is 11.1. The lowest BCUT2D eigenvalue weighted by Gasteiger charge is -2.05. The Bertz CT molecular complexity index is 755. The van der Waals surface area contributed by atoms with E-state index in [0.717, 1.165) is 26.5 Å². The van der Waals surface area contributed by atoms with Crippen molar-refractivity contribution in [2.24, 2.45) is 0 Å². The summed E-state index contributed by atoms with van der Waals surface area (Å²) in [5.74, 6) is 0.897. The molecule has 0 atom stereocenters. The van der Waals surface area contributed by atoms with Gasteiger partial charge in [0, 0.05) is 11.8 Å². The van der Waals surface area contributed by atoms with Crippen molar-refractivity contribution in [2.45, 2.75) is 6.54 Å². The summed E-state index contributed by atoms with van der Waals surface area (Å²) in [6, 6.07) is 13.3. The first kappa shape index (κ1) is 13.0. The maximum atomic E-state index is 11.1. The minimum Gasteiger partial charge on any atom is -0.454 e. The van der Waals surface area contributed by atoms with Crippen LogP contribution in [0, 0.1) is 3.77 Å². The van der Waals surface area contributed by atoms with E-state index in [1.165, 1.54) is 6.07 Å².